The van der Waals surface area contributed by atoms with E-state index in [1.165, 1.54) is 11.8 Å². The van der Waals surface area contributed by atoms with Crippen LogP contribution in [0.15, 0.2) is 28.8 Å². The number of nitrogens with one attached hydrogen (secondary N) is 1. The molecule has 0 aliphatic carbocycles. The van der Waals surface area contributed by atoms with Crippen LogP contribution in [0.1, 0.15) is 22.5 Å². The Labute approximate surface area is 144 Å². The van der Waals surface area contributed by atoms with Crippen molar-refractivity contribution < 1.29 is 18.8 Å². The highest BCUT2D eigenvalue weighted by Gasteiger charge is 2.10. The molecule has 1 N–H and O–H groups in total. The lowest BCUT2D eigenvalue weighted by Gasteiger charge is -2.08. The van der Waals surface area contributed by atoms with E-state index in [-0.39, 0.29) is 30.0 Å². The van der Waals surface area contributed by atoms with Crippen molar-refractivity contribution in [3.8, 4) is 0 Å². The zero-order valence-corrected chi connectivity index (χ0v) is 14.7. The van der Waals surface area contributed by atoms with Crippen LogP contribution in [0.2, 0.25) is 0 Å². The zero-order valence-electron chi connectivity index (χ0n) is 13.9. The van der Waals surface area contributed by atoms with E-state index in [2.05, 4.69) is 10.5 Å². The van der Waals surface area contributed by atoms with Crippen LogP contribution in [0, 0.1) is 20.8 Å². The summed E-state index contributed by atoms with van der Waals surface area (Å²) in [5.41, 5.74) is 3.21. The van der Waals surface area contributed by atoms with E-state index < -0.39 is 0 Å². The van der Waals surface area contributed by atoms with Crippen molar-refractivity contribution in [1.82, 2.24) is 5.16 Å². The summed E-state index contributed by atoms with van der Waals surface area (Å²) < 4.78 is 10.1. The van der Waals surface area contributed by atoms with Crippen molar-refractivity contribution in [3.05, 3.63) is 46.7 Å². The van der Waals surface area contributed by atoms with Crippen LogP contribution in [0.25, 0.3) is 0 Å². The second-order valence-electron chi connectivity index (χ2n) is 5.45. The average Bonchev–Trinajstić information content (AvgIpc) is 2.93. The summed E-state index contributed by atoms with van der Waals surface area (Å²) >= 11 is 1.19. The van der Waals surface area contributed by atoms with Gasteiger partial charge in [0, 0.05) is 6.07 Å². The molecule has 7 heteroatoms. The van der Waals surface area contributed by atoms with E-state index >= 15 is 0 Å². The Morgan fingerprint density at radius 1 is 1.21 bits per heavy atom. The lowest BCUT2D eigenvalue weighted by Crippen LogP contribution is -2.16. The Bertz CT molecular complexity index is 727. The molecule has 1 aromatic heterocycles. The number of ether oxygens (including phenoxy) is 1. The molecule has 0 bridgehead atoms. The maximum absolute atomic E-state index is 11.8. The molecule has 0 radical (unpaired) electrons. The number of nitrogens with zero attached hydrogens (tertiary/aromatic N) is 1. The van der Waals surface area contributed by atoms with Crippen LogP contribution in [0.5, 0.6) is 0 Å². The molecule has 0 saturated heterocycles. The lowest BCUT2D eigenvalue weighted by atomic mass is 10.1. The number of thioether (sulfide) groups is 1. The second-order valence-corrected chi connectivity index (χ2v) is 6.44. The first-order chi connectivity index (χ1) is 11.4. The number of anilines is 1. The second kappa shape index (κ2) is 8.54. The topological polar surface area (TPSA) is 81.4 Å². The summed E-state index contributed by atoms with van der Waals surface area (Å²) in [6, 6.07) is 7.65. The van der Waals surface area contributed by atoms with E-state index in [4.69, 9.17) is 9.26 Å². The van der Waals surface area contributed by atoms with Crippen LogP contribution in [0.3, 0.4) is 0 Å². The van der Waals surface area contributed by atoms with Gasteiger partial charge in [-0.25, -0.2) is 0 Å². The molecule has 128 valence electrons. The highest BCUT2D eigenvalue weighted by Crippen LogP contribution is 2.13. The van der Waals surface area contributed by atoms with Gasteiger partial charge in [0.25, 0.3) is 0 Å². The minimum Gasteiger partial charge on any atom is -0.460 e. The van der Waals surface area contributed by atoms with Crippen LogP contribution in [-0.4, -0.2) is 28.5 Å². The lowest BCUT2D eigenvalue weighted by molar-refractivity contribution is -0.141. The number of aryl methyl sites for hydroxylation is 3. The van der Waals surface area contributed by atoms with Gasteiger partial charge in [0.05, 0.1) is 11.5 Å². The van der Waals surface area contributed by atoms with Gasteiger partial charge in [-0.2, -0.15) is 0 Å². The van der Waals surface area contributed by atoms with E-state index in [0.717, 1.165) is 16.7 Å². The molecule has 1 heterocycles. The third kappa shape index (κ3) is 5.73. The maximum atomic E-state index is 11.8. The molecule has 2 rings (SSSR count). The Balaban J connectivity index is 1.67. The van der Waals surface area contributed by atoms with Gasteiger partial charge in [0.1, 0.15) is 12.4 Å². The van der Waals surface area contributed by atoms with Gasteiger partial charge in [-0.3, -0.25) is 9.59 Å². The fourth-order valence-electron chi connectivity index (χ4n) is 1.99. The number of carbonyl (C=O) groups is 2. The molecule has 0 aliphatic heterocycles. The third-order valence-corrected chi connectivity index (χ3v) is 4.15. The number of benzene rings is 1. The number of carbonyl (C=O) groups excluding carboxylic acids is 2. The predicted octanol–water partition coefficient (Wildman–Crippen LogP) is 3.01. The Hall–Kier alpha value is -2.28. The number of hydrogen-bond acceptors (Lipinski definition) is 6. The van der Waals surface area contributed by atoms with E-state index in [9.17, 15) is 9.59 Å². The minimum atomic E-state index is -0.342. The normalized spacial score (nSPS) is 10.5. The smallest absolute Gasteiger partial charge is 0.316 e. The molecule has 2 aromatic rings. The maximum Gasteiger partial charge on any atom is 0.316 e. The molecule has 0 unspecified atom stereocenters. The Morgan fingerprint density at radius 2 is 2.00 bits per heavy atom. The first kappa shape index (κ1) is 18.1. The summed E-state index contributed by atoms with van der Waals surface area (Å²) in [4.78, 5) is 23.5. The molecule has 1 amide bonds. The monoisotopic (exact) mass is 348 g/mol. The quantitative estimate of drug-likeness (QED) is 0.775. The van der Waals surface area contributed by atoms with Gasteiger partial charge in [-0.1, -0.05) is 28.9 Å². The van der Waals surface area contributed by atoms with Crippen LogP contribution in [-0.2, 0) is 20.9 Å². The van der Waals surface area contributed by atoms with Crippen molar-refractivity contribution in [3.63, 3.8) is 0 Å². The number of aromatic nitrogens is 1. The van der Waals surface area contributed by atoms with Crippen molar-refractivity contribution in [2.24, 2.45) is 0 Å². The van der Waals surface area contributed by atoms with Crippen LogP contribution < -0.4 is 5.32 Å². The van der Waals surface area contributed by atoms with Gasteiger partial charge in [-0.05, 0) is 31.9 Å². The molecule has 0 spiro atoms. The highest BCUT2D eigenvalue weighted by atomic mass is 32.2. The third-order valence-electron chi connectivity index (χ3n) is 3.24. The first-order valence-corrected chi connectivity index (χ1v) is 8.62. The number of rotatable bonds is 7. The minimum absolute atomic E-state index is 0.121. The summed E-state index contributed by atoms with van der Waals surface area (Å²) in [5.74, 6) is 0.672. The van der Waals surface area contributed by atoms with E-state index in [1.54, 1.807) is 13.0 Å². The Kier molecular flexibility index (Phi) is 6.43. The van der Waals surface area contributed by atoms with Crippen molar-refractivity contribution in [2.75, 3.05) is 16.8 Å². The summed E-state index contributed by atoms with van der Waals surface area (Å²) in [6.45, 7) is 5.96. The SMILES string of the molecule is Cc1ccc(C)c(COC(=O)CSCC(=O)Nc2cc(C)on2)c1. The molecular weight excluding hydrogens is 328 g/mol. The summed E-state index contributed by atoms with van der Waals surface area (Å²) in [5, 5.41) is 6.26. The number of hydrogen-bond donors (Lipinski definition) is 1. The zero-order chi connectivity index (χ0) is 17.5. The molecular formula is C17H20N2O4S. The highest BCUT2D eigenvalue weighted by molar-refractivity contribution is 8.00. The van der Waals surface area contributed by atoms with Gasteiger partial charge in [0.15, 0.2) is 5.82 Å². The predicted molar refractivity (Wildman–Crippen MR) is 92.9 cm³/mol. The molecule has 0 atom stereocenters. The van der Waals surface area contributed by atoms with Crippen molar-refractivity contribution in [2.45, 2.75) is 27.4 Å². The van der Waals surface area contributed by atoms with E-state index in [1.807, 2.05) is 32.0 Å². The fourth-order valence-corrected chi connectivity index (χ4v) is 2.60. The van der Waals surface area contributed by atoms with Gasteiger partial charge < -0.3 is 14.6 Å². The largest absolute Gasteiger partial charge is 0.460 e. The number of esters is 1. The van der Waals surface area contributed by atoms with Crippen LogP contribution >= 0.6 is 11.8 Å². The van der Waals surface area contributed by atoms with Gasteiger partial charge in [-0.15, -0.1) is 11.8 Å². The fraction of sp³-hybridized carbons (Fsp3) is 0.353. The van der Waals surface area contributed by atoms with Gasteiger partial charge >= 0.3 is 5.97 Å². The first-order valence-electron chi connectivity index (χ1n) is 7.46. The van der Waals surface area contributed by atoms with Crippen molar-refractivity contribution >= 4 is 29.5 Å². The standard InChI is InChI=1S/C17H20N2O4S/c1-11-4-5-12(2)14(6-11)8-22-17(21)10-24-9-16(20)18-15-7-13(3)23-19-15/h4-7H,8-10H2,1-3H3,(H,18,19,20). The molecule has 1 aromatic carbocycles. The molecule has 0 aliphatic rings. The molecule has 6 nitrogen and oxygen atoms in total. The van der Waals surface area contributed by atoms with Crippen LogP contribution in [0.4, 0.5) is 5.82 Å². The molecule has 24 heavy (non-hydrogen) atoms. The average molecular weight is 348 g/mol. The summed E-state index contributed by atoms with van der Waals surface area (Å²) in [7, 11) is 0. The Morgan fingerprint density at radius 3 is 2.71 bits per heavy atom. The van der Waals surface area contributed by atoms with E-state index in [0.29, 0.717) is 11.6 Å². The van der Waals surface area contributed by atoms with Crippen molar-refractivity contribution in [1.29, 1.82) is 0 Å². The molecule has 0 saturated carbocycles. The number of amides is 1. The molecule has 0 fully saturated rings. The summed E-state index contributed by atoms with van der Waals surface area (Å²) in [6.07, 6.45) is 0. The van der Waals surface area contributed by atoms with Gasteiger partial charge in [0.2, 0.25) is 5.91 Å².